The van der Waals surface area contributed by atoms with Gasteiger partial charge in [-0.3, -0.25) is 14.9 Å². The number of amides is 3. The fourth-order valence-corrected chi connectivity index (χ4v) is 3.44. The summed E-state index contributed by atoms with van der Waals surface area (Å²) in [5.41, 5.74) is -0.481. The number of urea groups is 1. The summed E-state index contributed by atoms with van der Waals surface area (Å²) in [4.78, 5) is 44.7. The van der Waals surface area contributed by atoms with Crippen molar-refractivity contribution in [3.63, 3.8) is 0 Å². The van der Waals surface area contributed by atoms with Crippen LogP contribution in [0.15, 0.2) is 22.8 Å². The summed E-state index contributed by atoms with van der Waals surface area (Å²) in [5, 5.41) is 8.18. The Labute approximate surface area is 159 Å². The molecule has 2 aromatic rings. The highest BCUT2D eigenvalue weighted by molar-refractivity contribution is 8.00. The monoisotopic (exact) mass is 396 g/mol. The molecular formula is C16H20N4O4S2. The number of aromatic nitrogens is 2. The van der Waals surface area contributed by atoms with Gasteiger partial charge in [-0.25, -0.2) is 14.8 Å². The molecule has 2 rings (SSSR count). The highest BCUT2D eigenvalue weighted by atomic mass is 32.2. The Hall–Kier alpha value is -2.20. The lowest BCUT2D eigenvalue weighted by Crippen LogP contribution is -2.50. The summed E-state index contributed by atoms with van der Waals surface area (Å²) in [5.74, 6) is -1.27. The molecule has 2 N–H and O–H groups in total. The second-order valence-electron chi connectivity index (χ2n) is 6.43. The van der Waals surface area contributed by atoms with E-state index in [-0.39, 0.29) is 5.75 Å². The van der Waals surface area contributed by atoms with Crippen molar-refractivity contribution in [2.75, 3.05) is 5.75 Å². The third-order valence-corrected chi connectivity index (χ3v) is 4.75. The largest absolute Gasteiger partial charge is 0.452 e. The summed E-state index contributed by atoms with van der Waals surface area (Å²) in [6.07, 6.45) is 0.358. The summed E-state index contributed by atoms with van der Waals surface area (Å²) >= 11 is 2.70. The minimum atomic E-state index is -1.08. The van der Waals surface area contributed by atoms with Gasteiger partial charge in [0.1, 0.15) is 16.2 Å². The van der Waals surface area contributed by atoms with E-state index in [4.69, 9.17) is 4.74 Å². The van der Waals surface area contributed by atoms with Crippen LogP contribution >= 0.6 is 23.1 Å². The maximum absolute atomic E-state index is 12.0. The molecule has 10 heteroatoms. The molecule has 0 aliphatic heterocycles. The zero-order chi connectivity index (χ0) is 19.3. The number of hydrogen-bond donors (Lipinski definition) is 2. The molecule has 0 fully saturated rings. The molecule has 0 saturated carbocycles. The van der Waals surface area contributed by atoms with Crippen LogP contribution in [0.25, 0.3) is 10.2 Å². The lowest BCUT2D eigenvalue weighted by atomic mass is 10.1. The van der Waals surface area contributed by atoms with Crippen molar-refractivity contribution in [1.29, 1.82) is 0 Å². The maximum Gasteiger partial charge on any atom is 0.321 e. The van der Waals surface area contributed by atoms with E-state index in [2.05, 4.69) is 20.6 Å². The molecule has 1 atom stereocenters. The Kier molecular flexibility index (Phi) is 6.54. The first-order chi connectivity index (χ1) is 12.2. The van der Waals surface area contributed by atoms with Crippen LogP contribution in [0.1, 0.15) is 27.7 Å². The number of imide groups is 1. The van der Waals surface area contributed by atoms with Gasteiger partial charge in [-0.2, -0.15) is 0 Å². The van der Waals surface area contributed by atoms with E-state index in [0.717, 1.165) is 10.2 Å². The normalized spacial score (nSPS) is 12.5. The fourth-order valence-electron chi connectivity index (χ4n) is 1.88. The summed E-state index contributed by atoms with van der Waals surface area (Å²) in [7, 11) is 0. The second kappa shape index (κ2) is 8.45. The molecule has 8 nitrogen and oxygen atoms in total. The predicted molar refractivity (Wildman–Crippen MR) is 100 cm³/mol. The van der Waals surface area contributed by atoms with Crippen LogP contribution in [-0.2, 0) is 14.3 Å². The van der Waals surface area contributed by atoms with Crippen LogP contribution < -0.4 is 10.6 Å². The Morgan fingerprint density at radius 2 is 2.04 bits per heavy atom. The van der Waals surface area contributed by atoms with Gasteiger partial charge in [0.25, 0.3) is 5.91 Å². The minimum Gasteiger partial charge on any atom is -0.452 e. The first-order valence-electron chi connectivity index (χ1n) is 7.79. The van der Waals surface area contributed by atoms with Crippen LogP contribution in [0.2, 0.25) is 0 Å². The van der Waals surface area contributed by atoms with Crippen molar-refractivity contribution in [2.24, 2.45) is 0 Å². The van der Waals surface area contributed by atoms with Crippen LogP contribution in [0.3, 0.4) is 0 Å². The van der Waals surface area contributed by atoms with Crippen LogP contribution in [0, 0.1) is 0 Å². The molecule has 0 aliphatic carbocycles. The van der Waals surface area contributed by atoms with Crippen LogP contribution in [0.4, 0.5) is 4.79 Å². The molecule has 140 valence electrons. The zero-order valence-corrected chi connectivity index (χ0v) is 16.5. The predicted octanol–water partition coefficient (Wildman–Crippen LogP) is 2.34. The standard InChI is InChI=1S/C16H20N4O4S2/c1-9(12(22)19-15(23)20-16(2,3)4)24-11(21)7-26-14-10-5-6-25-13(10)17-8-18-14/h5-6,8-9H,7H2,1-4H3,(H2,19,20,22,23)/t9-/m1/s1. The van der Waals surface area contributed by atoms with Crippen molar-refractivity contribution in [1.82, 2.24) is 20.6 Å². The van der Waals surface area contributed by atoms with Crippen LogP contribution in [-0.4, -0.2) is 45.3 Å². The summed E-state index contributed by atoms with van der Waals surface area (Å²) in [6, 6.07) is 1.25. The van der Waals surface area contributed by atoms with Crippen LogP contribution in [0.5, 0.6) is 0 Å². The number of thiophene rings is 1. The number of esters is 1. The Balaban J connectivity index is 1.82. The lowest BCUT2D eigenvalue weighted by molar-refractivity contribution is -0.151. The number of ether oxygens (including phenoxy) is 1. The van der Waals surface area contributed by atoms with Crippen molar-refractivity contribution >= 4 is 51.2 Å². The number of thioether (sulfide) groups is 1. The molecule has 0 bridgehead atoms. The lowest BCUT2D eigenvalue weighted by Gasteiger charge is -2.21. The summed E-state index contributed by atoms with van der Waals surface area (Å²) < 4.78 is 5.07. The number of nitrogens with zero attached hydrogens (tertiary/aromatic N) is 2. The van der Waals surface area contributed by atoms with E-state index in [1.54, 1.807) is 20.8 Å². The third kappa shape index (κ3) is 5.95. The Morgan fingerprint density at radius 1 is 1.31 bits per heavy atom. The first-order valence-corrected chi connectivity index (χ1v) is 9.66. The van der Waals surface area contributed by atoms with Crippen molar-refractivity contribution in [3.05, 3.63) is 17.8 Å². The first kappa shape index (κ1) is 20.1. The second-order valence-corrected chi connectivity index (χ2v) is 8.29. The number of carbonyl (C=O) groups excluding carboxylic acids is 3. The van der Waals surface area contributed by atoms with Crippen molar-refractivity contribution in [3.8, 4) is 0 Å². The molecule has 2 aromatic heterocycles. The molecule has 0 aliphatic rings. The van der Waals surface area contributed by atoms with Gasteiger partial charge >= 0.3 is 12.0 Å². The zero-order valence-electron chi connectivity index (χ0n) is 14.9. The molecule has 0 saturated heterocycles. The summed E-state index contributed by atoms with van der Waals surface area (Å²) in [6.45, 7) is 6.77. The average Bonchev–Trinajstić information content (AvgIpc) is 2.99. The number of nitrogens with one attached hydrogen (secondary N) is 2. The van der Waals surface area contributed by atoms with Gasteiger partial charge in [0.15, 0.2) is 6.10 Å². The van der Waals surface area contributed by atoms with Gasteiger partial charge in [-0.1, -0.05) is 11.8 Å². The van der Waals surface area contributed by atoms with E-state index >= 15 is 0 Å². The molecule has 0 unspecified atom stereocenters. The quantitative estimate of drug-likeness (QED) is 0.453. The highest BCUT2D eigenvalue weighted by Gasteiger charge is 2.22. The number of carbonyl (C=O) groups is 3. The van der Waals surface area contributed by atoms with E-state index in [1.807, 2.05) is 11.4 Å². The molecule has 0 radical (unpaired) electrons. The van der Waals surface area contributed by atoms with Gasteiger partial charge in [0, 0.05) is 10.9 Å². The van der Waals surface area contributed by atoms with Gasteiger partial charge in [0.2, 0.25) is 0 Å². The molecular weight excluding hydrogens is 376 g/mol. The van der Waals surface area contributed by atoms with Gasteiger partial charge < -0.3 is 10.1 Å². The molecule has 2 heterocycles. The van der Waals surface area contributed by atoms with Crippen molar-refractivity contribution in [2.45, 2.75) is 44.4 Å². The number of rotatable bonds is 5. The molecule has 26 heavy (non-hydrogen) atoms. The SMILES string of the molecule is C[C@@H](OC(=O)CSc1ncnc2sccc12)C(=O)NC(=O)NC(C)(C)C. The Morgan fingerprint density at radius 3 is 2.73 bits per heavy atom. The van der Waals surface area contributed by atoms with Gasteiger partial charge in [-0.05, 0) is 39.1 Å². The smallest absolute Gasteiger partial charge is 0.321 e. The molecule has 0 aromatic carbocycles. The third-order valence-electron chi connectivity index (χ3n) is 2.95. The topological polar surface area (TPSA) is 110 Å². The maximum atomic E-state index is 12.0. The van der Waals surface area contributed by atoms with E-state index in [9.17, 15) is 14.4 Å². The fraction of sp³-hybridized carbons (Fsp3) is 0.438. The van der Waals surface area contributed by atoms with E-state index in [0.29, 0.717) is 5.03 Å². The number of hydrogen-bond acceptors (Lipinski definition) is 8. The minimum absolute atomic E-state index is 0.00618. The average molecular weight is 396 g/mol. The van der Waals surface area contributed by atoms with Gasteiger partial charge in [-0.15, -0.1) is 11.3 Å². The Bertz CT molecular complexity index is 816. The molecule has 3 amide bonds. The van der Waals surface area contributed by atoms with Gasteiger partial charge in [0.05, 0.1) is 5.75 Å². The van der Waals surface area contributed by atoms with E-state index < -0.39 is 29.6 Å². The highest BCUT2D eigenvalue weighted by Crippen LogP contribution is 2.27. The number of fused-ring (bicyclic) bond motifs is 1. The van der Waals surface area contributed by atoms with Crippen molar-refractivity contribution < 1.29 is 19.1 Å². The molecule has 0 spiro atoms. The van der Waals surface area contributed by atoms with E-state index in [1.165, 1.54) is 36.3 Å².